The lowest BCUT2D eigenvalue weighted by Gasteiger charge is -2.08. The Morgan fingerprint density at radius 2 is 1.43 bits per heavy atom. The molecule has 2 rings (SSSR count). The van der Waals surface area contributed by atoms with E-state index in [0.29, 0.717) is 11.3 Å². The fourth-order valence-electron chi connectivity index (χ4n) is 2.59. The number of nitro groups is 2. The summed E-state index contributed by atoms with van der Waals surface area (Å²) in [6.07, 6.45) is 2.71. The molecule has 13 nitrogen and oxygen atoms in total. The van der Waals surface area contributed by atoms with E-state index >= 15 is 0 Å². The van der Waals surface area contributed by atoms with E-state index in [0.717, 1.165) is 18.2 Å². The summed E-state index contributed by atoms with van der Waals surface area (Å²) in [7, 11) is 0. The van der Waals surface area contributed by atoms with Crippen LogP contribution in [0.1, 0.15) is 22.8 Å². The molecular formula is C24H22N2O11. The molecule has 0 unspecified atom stereocenters. The van der Waals surface area contributed by atoms with Crippen molar-refractivity contribution in [3.63, 3.8) is 0 Å². The van der Waals surface area contributed by atoms with Crippen LogP contribution in [0.4, 0.5) is 11.4 Å². The molecule has 2 aromatic carbocycles. The predicted molar refractivity (Wildman–Crippen MR) is 128 cm³/mol. The number of non-ortho nitro benzene ring substituents is 2. The van der Waals surface area contributed by atoms with Gasteiger partial charge in [0.25, 0.3) is 11.4 Å². The molecule has 0 amide bonds. The molecule has 13 heteroatoms. The molecule has 37 heavy (non-hydrogen) atoms. The third-order valence-electron chi connectivity index (χ3n) is 4.35. The van der Waals surface area contributed by atoms with Gasteiger partial charge >= 0.3 is 17.9 Å². The Morgan fingerprint density at radius 1 is 0.865 bits per heavy atom. The first-order valence-corrected chi connectivity index (χ1v) is 10.6. The van der Waals surface area contributed by atoms with Gasteiger partial charge in [-0.1, -0.05) is 18.7 Å². The highest BCUT2D eigenvalue weighted by molar-refractivity contribution is 5.91. The largest absolute Gasteiger partial charge is 0.490 e. The lowest BCUT2D eigenvalue weighted by atomic mass is 10.2. The van der Waals surface area contributed by atoms with Gasteiger partial charge in [0, 0.05) is 23.8 Å². The molecule has 0 bridgehead atoms. The van der Waals surface area contributed by atoms with Gasteiger partial charge in [-0.3, -0.25) is 20.2 Å². The van der Waals surface area contributed by atoms with Crippen LogP contribution in [0.5, 0.6) is 5.75 Å². The molecule has 0 aliphatic heterocycles. The van der Waals surface area contributed by atoms with E-state index in [1.165, 1.54) is 19.1 Å². The van der Waals surface area contributed by atoms with Crippen molar-refractivity contribution in [3.8, 4) is 5.75 Å². The van der Waals surface area contributed by atoms with Crippen LogP contribution in [0.3, 0.4) is 0 Å². The minimum atomic E-state index is -0.975. The van der Waals surface area contributed by atoms with Crippen LogP contribution in [0.25, 0.3) is 6.08 Å². The Balaban J connectivity index is 1.77. The van der Waals surface area contributed by atoms with Crippen molar-refractivity contribution in [2.45, 2.75) is 6.92 Å². The second-order valence-electron chi connectivity index (χ2n) is 7.22. The minimum absolute atomic E-state index is 0.0553. The Bertz CT molecular complexity index is 1190. The normalized spacial score (nSPS) is 10.4. The predicted octanol–water partition coefficient (Wildman–Crippen LogP) is 3.41. The van der Waals surface area contributed by atoms with Gasteiger partial charge in [-0.25, -0.2) is 14.4 Å². The molecular weight excluding hydrogens is 492 g/mol. The monoisotopic (exact) mass is 514 g/mol. The van der Waals surface area contributed by atoms with E-state index in [1.807, 2.05) is 0 Å². The third kappa shape index (κ3) is 9.60. The number of hydrogen-bond acceptors (Lipinski definition) is 11. The van der Waals surface area contributed by atoms with Crippen molar-refractivity contribution < 1.29 is 43.2 Å². The number of nitrogens with zero attached hydrogens (tertiary/aromatic N) is 2. The molecule has 0 spiro atoms. The second-order valence-corrected chi connectivity index (χ2v) is 7.22. The molecule has 0 aromatic heterocycles. The van der Waals surface area contributed by atoms with Crippen molar-refractivity contribution >= 4 is 35.4 Å². The maximum Gasteiger partial charge on any atom is 0.338 e. The van der Waals surface area contributed by atoms with Crippen molar-refractivity contribution in [2.24, 2.45) is 0 Å². The second kappa shape index (κ2) is 13.7. The molecule has 0 heterocycles. The van der Waals surface area contributed by atoms with Gasteiger partial charge in [0.2, 0.25) is 0 Å². The summed E-state index contributed by atoms with van der Waals surface area (Å²) in [6, 6.07) is 9.03. The standard InChI is InChI=1S/C24H22N2O11/c1-16(2)23(28)36-12-10-35-22(27)8-5-17-3-6-21(7-4-17)34-9-11-37-24(29)18-13-19(25(30)31)15-20(14-18)26(32)33/h3-8,13-15H,1,9-12H2,2H3/b8-5+. The zero-order chi connectivity index (χ0) is 27.4. The Morgan fingerprint density at radius 3 is 2.00 bits per heavy atom. The smallest absolute Gasteiger partial charge is 0.338 e. The van der Waals surface area contributed by atoms with Gasteiger partial charge in [0.15, 0.2) is 0 Å². The fraction of sp³-hybridized carbons (Fsp3) is 0.208. The third-order valence-corrected chi connectivity index (χ3v) is 4.35. The molecule has 0 atom stereocenters. The fourth-order valence-corrected chi connectivity index (χ4v) is 2.59. The molecule has 194 valence electrons. The summed E-state index contributed by atoms with van der Waals surface area (Å²) in [5.41, 5.74) is -0.638. The lowest BCUT2D eigenvalue weighted by Crippen LogP contribution is -2.13. The van der Waals surface area contributed by atoms with Gasteiger partial charge in [0.1, 0.15) is 32.2 Å². The van der Waals surface area contributed by atoms with E-state index in [2.05, 4.69) is 6.58 Å². The first kappa shape index (κ1) is 28.2. The summed E-state index contributed by atoms with van der Waals surface area (Å²) in [6.45, 7) is 4.48. The molecule has 2 aromatic rings. The number of esters is 3. The number of carbonyl (C=O) groups excluding carboxylic acids is 3. The van der Waals surface area contributed by atoms with E-state index < -0.39 is 39.1 Å². The molecule has 0 saturated carbocycles. The summed E-state index contributed by atoms with van der Waals surface area (Å²) >= 11 is 0. The Hall–Kier alpha value is -5.07. The van der Waals surface area contributed by atoms with Gasteiger partial charge in [-0.2, -0.15) is 0 Å². The molecule has 0 aliphatic rings. The van der Waals surface area contributed by atoms with Crippen LogP contribution < -0.4 is 4.74 Å². The van der Waals surface area contributed by atoms with E-state index in [-0.39, 0.29) is 37.6 Å². The van der Waals surface area contributed by atoms with E-state index in [9.17, 15) is 34.6 Å². The number of rotatable bonds is 13. The topological polar surface area (TPSA) is 174 Å². The number of hydrogen-bond donors (Lipinski definition) is 0. The summed E-state index contributed by atoms with van der Waals surface area (Å²) < 4.78 is 20.1. The summed E-state index contributed by atoms with van der Waals surface area (Å²) in [5, 5.41) is 21.9. The van der Waals surface area contributed by atoms with Crippen LogP contribution in [0.15, 0.2) is 60.7 Å². The number of ether oxygens (including phenoxy) is 4. The molecule has 0 N–H and O–H groups in total. The first-order chi connectivity index (χ1) is 17.6. The molecule has 0 fully saturated rings. The van der Waals surface area contributed by atoms with Gasteiger partial charge < -0.3 is 18.9 Å². The average molecular weight is 514 g/mol. The van der Waals surface area contributed by atoms with Crippen LogP contribution in [-0.2, 0) is 23.8 Å². The molecule has 0 saturated heterocycles. The van der Waals surface area contributed by atoms with Crippen LogP contribution in [0.2, 0.25) is 0 Å². The van der Waals surface area contributed by atoms with Gasteiger partial charge in [-0.15, -0.1) is 0 Å². The van der Waals surface area contributed by atoms with Crippen molar-refractivity contribution in [1.29, 1.82) is 0 Å². The number of benzene rings is 2. The summed E-state index contributed by atoms with van der Waals surface area (Å²) in [5.74, 6) is -1.73. The number of carbonyl (C=O) groups is 3. The lowest BCUT2D eigenvalue weighted by molar-refractivity contribution is -0.394. The quantitative estimate of drug-likeness (QED) is 0.0956. The van der Waals surface area contributed by atoms with Crippen LogP contribution in [-0.4, -0.2) is 54.2 Å². The average Bonchev–Trinajstić information content (AvgIpc) is 2.87. The molecule has 0 radical (unpaired) electrons. The van der Waals surface area contributed by atoms with Gasteiger partial charge in [0.05, 0.1) is 21.5 Å². The van der Waals surface area contributed by atoms with Crippen molar-refractivity contribution in [1.82, 2.24) is 0 Å². The molecule has 0 aliphatic carbocycles. The highest BCUT2D eigenvalue weighted by Crippen LogP contribution is 2.23. The summed E-state index contributed by atoms with van der Waals surface area (Å²) in [4.78, 5) is 55.2. The highest BCUT2D eigenvalue weighted by Gasteiger charge is 2.20. The van der Waals surface area contributed by atoms with Crippen molar-refractivity contribution in [3.05, 3.63) is 92.0 Å². The maximum absolute atomic E-state index is 12.1. The zero-order valence-corrected chi connectivity index (χ0v) is 19.6. The minimum Gasteiger partial charge on any atom is -0.490 e. The van der Waals surface area contributed by atoms with E-state index in [1.54, 1.807) is 24.3 Å². The van der Waals surface area contributed by atoms with Crippen LogP contribution >= 0.6 is 0 Å². The Labute approximate surface area is 210 Å². The SMILES string of the molecule is C=C(C)C(=O)OCCOC(=O)/C=C/c1ccc(OCCOC(=O)c2cc([N+](=O)[O-])cc([N+](=O)[O-])c2)cc1. The zero-order valence-electron chi connectivity index (χ0n) is 19.6. The highest BCUT2D eigenvalue weighted by atomic mass is 16.6. The maximum atomic E-state index is 12.1. The Kier molecular flexibility index (Phi) is 10.4. The van der Waals surface area contributed by atoms with Gasteiger partial charge in [-0.05, 0) is 30.7 Å². The number of nitro benzene ring substituents is 2. The first-order valence-electron chi connectivity index (χ1n) is 10.6. The van der Waals surface area contributed by atoms with E-state index in [4.69, 9.17) is 18.9 Å². The van der Waals surface area contributed by atoms with Crippen molar-refractivity contribution in [2.75, 3.05) is 26.4 Å². The van der Waals surface area contributed by atoms with Crippen LogP contribution in [0, 0.1) is 20.2 Å².